The molecule has 0 aromatic carbocycles. The second-order valence-electron chi connectivity index (χ2n) is 8.88. The minimum atomic E-state index is -0.0897. The molecule has 6 nitrogen and oxygen atoms in total. The predicted octanol–water partition coefficient (Wildman–Crippen LogP) is -3.91. The molecule has 0 aliphatic heterocycles. The molecule has 0 rings (SSSR count). The van der Waals surface area contributed by atoms with E-state index in [1.165, 1.54) is 50.9 Å². The van der Waals surface area contributed by atoms with Gasteiger partial charge in [-0.05, 0) is 37.8 Å². The number of unbranched alkanes of at least 4 members (excludes halogenated alkanes) is 3. The van der Waals surface area contributed by atoms with Gasteiger partial charge in [-0.2, -0.15) is 0 Å². The van der Waals surface area contributed by atoms with Gasteiger partial charge in [-0.1, -0.05) is 13.2 Å². The molecule has 0 radical (unpaired) electrons. The zero-order valence-electron chi connectivity index (χ0n) is 19.5. The van der Waals surface area contributed by atoms with E-state index in [4.69, 9.17) is 0 Å². The molecule has 0 heterocycles. The van der Waals surface area contributed by atoms with Crippen LogP contribution in [-0.4, -0.2) is 88.2 Å². The average Bonchev–Trinajstić information content (AvgIpc) is 2.64. The van der Waals surface area contributed by atoms with Crippen LogP contribution in [0.1, 0.15) is 38.5 Å². The predicted molar refractivity (Wildman–Crippen MR) is 118 cm³/mol. The molecule has 0 aliphatic carbocycles. The van der Waals surface area contributed by atoms with E-state index in [-0.39, 0.29) is 45.8 Å². The van der Waals surface area contributed by atoms with Crippen LogP contribution in [0.5, 0.6) is 0 Å². The van der Waals surface area contributed by atoms with Gasteiger partial charge in [0.05, 0.1) is 54.4 Å². The fraction of sp³-hybridized carbons (Fsp3) is 0.727. The summed E-state index contributed by atoms with van der Waals surface area (Å²) < 4.78 is 2.00. The van der Waals surface area contributed by atoms with Crippen molar-refractivity contribution in [3.8, 4) is 0 Å². The number of nitrogens with one attached hydrogen (secondary N) is 2. The van der Waals surface area contributed by atoms with Crippen LogP contribution < -0.4 is 44.6 Å². The smallest absolute Gasteiger partial charge is 0.243 e. The minimum absolute atomic E-state index is 0. The summed E-state index contributed by atoms with van der Waals surface area (Å²) in [5.41, 5.74) is 0. The van der Waals surface area contributed by atoms with Crippen molar-refractivity contribution >= 4 is 11.8 Å². The number of carbonyl (C=O) groups is 2. The van der Waals surface area contributed by atoms with E-state index in [0.29, 0.717) is 0 Å². The van der Waals surface area contributed by atoms with E-state index in [2.05, 4.69) is 52.0 Å². The highest BCUT2D eigenvalue weighted by atomic mass is 79.9. The van der Waals surface area contributed by atoms with Gasteiger partial charge in [-0.25, -0.2) is 0 Å². The Balaban J connectivity index is -0.00000364. The second-order valence-corrected chi connectivity index (χ2v) is 8.88. The normalized spacial score (nSPS) is 10.9. The molecule has 0 saturated carbocycles. The molecule has 2 amide bonds. The van der Waals surface area contributed by atoms with Crippen LogP contribution in [0.15, 0.2) is 25.3 Å². The standard InChI is InChI=1S/C22H42N4O2.2BrH/c1-7-21(27)23-15-13-19-25(3,4)17-11-9-10-12-18-26(5,6)20-14-16-24-22(28)8-2;;/h7-8H,1-2,9-20H2,3-6H3;2*1H. The van der Waals surface area contributed by atoms with Crippen LogP contribution in [0, 0.1) is 0 Å². The first-order valence-electron chi connectivity index (χ1n) is 10.6. The number of quaternary nitrogens is 2. The zero-order chi connectivity index (χ0) is 21.5. The molecular weight excluding hydrogens is 512 g/mol. The van der Waals surface area contributed by atoms with Crippen molar-refractivity contribution in [3.63, 3.8) is 0 Å². The summed E-state index contributed by atoms with van der Waals surface area (Å²) in [4.78, 5) is 22.3. The van der Waals surface area contributed by atoms with Gasteiger partial charge in [-0.15, -0.1) is 0 Å². The molecular formula is C22H44Br2N4O2. The van der Waals surface area contributed by atoms with Crippen molar-refractivity contribution in [3.05, 3.63) is 25.3 Å². The Morgan fingerprint density at radius 2 is 0.933 bits per heavy atom. The van der Waals surface area contributed by atoms with Crippen molar-refractivity contribution in [2.24, 2.45) is 0 Å². The number of carbonyl (C=O) groups excluding carboxylic acids is 2. The summed E-state index contributed by atoms with van der Waals surface area (Å²) >= 11 is 0. The second kappa shape index (κ2) is 19.0. The van der Waals surface area contributed by atoms with Gasteiger partial charge in [-0.3, -0.25) is 9.59 Å². The van der Waals surface area contributed by atoms with E-state index in [9.17, 15) is 9.59 Å². The lowest BCUT2D eigenvalue weighted by atomic mass is 10.1. The van der Waals surface area contributed by atoms with Crippen LogP contribution in [0.2, 0.25) is 0 Å². The highest BCUT2D eigenvalue weighted by Crippen LogP contribution is 2.09. The van der Waals surface area contributed by atoms with E-state index in [0.717, 1.165) is 48.0 Å². The number of amides is 2. The fourth-order valence-electron chi connectivity index (χ4n) is 3.24. The number of nitrogens with zero attached hydrogens (tertiary/aromatic N) is 2. The molecule has 8 heteroatoms. The van der Waals surface area contributed by atoms with Crippen LogP contribution in [0.25, 0.3) is 0 Å². The molecule has 0 bridgehead atoms. The highest BCUT2D eigenvalue weighted by Gasteiger charge is 2.16. The number of halogens is 2. The molecule has 2 N–H and O–H groups in total. The maximum atomic E-state index is 11.1. The lowest BCUT2D eigenvalue weighted by Gasteiger charge is -2.31. The van der Waals surface area contributed by atoms with Crippen molar-refractivity contribution in [2.75, 3.05) is 67.5 Å². The van der Waals surface area contributed by atoms with Gasteiger partial charge >= 0.3 is 0 Å². The zero-order valence-corrected chi connectivity index (χ0v) is 22.7. The third-order valence-corrected chi connectivity index (χ3v) is 5.13. The van der Waals surface area contributed by atoms with Gasteiger partial charge in [0.15, 0.2) is 0 Å². The number of hydrogen-bond donors (Lipinski definition) is 2. The molecule has 0 spiro atoms. The summed E-state index contributed by atoms with van der Waals surface area (Å²) in [7, 11) is 9.06. The Labute approximate surface area is 205 Å². The quantitative estimate of drug-likeness (QED) is 0.109. The third-order valence-electron chi connectivity index (χ3n) is 5.13. The SMILES string of the molecule is C=CC(=O)NCCC[N+](C)(C)CCCCCC[N+](C)(C)CCCNC(=O)C=C.[Br-].[Br-]. The van der Waals surface area contributed by atoms with Gasteiger partial charge < -0.3 is 53.6 Å². The molecule has 0 saturated heterocycles. The van der Waals surface area contributed by atoms with Gasteiger partial charge in [0.1, 0.15) is 0 Å². The van der Waals surface area contributed by atoms with Crippen molar-refractivity contribution in [1.82, 2.24) is 10.6 Å². The Hall–Kier alpha value is -0.700. The van der Waals surface area contributed by atoms with Crippen molar-refractivity contribution in [1.29, 1.82) is 0 Å². The Bertz CT molecular complexity index is 454. The van der Waals surface area contributed by atoms with Crippen molar-refractivity contribution in [2.45, 2.75) is 38.5 Å². The summed E-state index contributed by atoms with van der Waals surface area (Å²) in [5, 5.41) is 5.67. The Morgan fingerprint density at radius 1 is 0.633 bits per heavy atom. The molecule has 178 valence electrons. The summed E-state index contributed by atoms with van der Waals surface area (Å²) in [6.45, 7) is 12.9. The monoisotopic (exact) mass is 554 g/mol. The number of hydrogen-bond acceptors (Lipinski definition) is 2. The first-order chi connectivity index (χ1) is 13.1. The molecule has 0 atom stereocenters. The molecule has 0 unspecified atom stereocenters. The Morgan fingerprint density at radius 3 is 1.23 bits per heavy atom. The lowest BCUT2D eigenvalue weighted by molar-refractivity contribution is -0.891. The largest absolute Gasteiger partial charge is 1.00 e. The lowest BCUT2D eigenvalue weighted by Crippen LogP contribution is -3.00. The fourth-order valence-corrected chi connectivity index (χ4v) is 3.24. The van der Waals surface area contributed by atoms with E-state index in [1.54, 1.807) is 0 Å². The average molecular weight is 556 g/mol. The molecule has 0 aliphatic rings. The first kappa shape index (κ1) is 33.9. The summed E-state index contributed by atoms with van der Waals surface area (Å²) in [6, 6.07) is 0. The molecule has 30 heavy (non-hydrogen) atoms. The highest BCUT2D eigenvalue weighted by molar-refractivity contribution is 5.87. The molecule has 0 aromatic rings. The topological polar surface area (TPSA) is 58.2 Å². The van der Waals surface area contributed by atoms with Crippen LogP contribution in [0.4, 0.5) is 0 Å². The van der Waals surface area contributed by atoms with E-state index < -0.39 is 0 Å². The van der Waals surface area contributed by atoms with Crippen molar-refractivity contribution < 1.29 is 52.5 Å². The van der Waals surface area contributed by atoms with Crippen LogP contribution in [-0.2, 0) is 9.59 Å². The summed E-state index contributed by atoms with van der Waals surface area (Å²) in [6.07, 6.45) is 9.65. The van der Waals surface area contributed by atoms with Crippen LogP contribution in [0.3, 0.4) is 0 Å². The van der Waals surface area contributed by atoms with E-state index >= 15 is 0 Å². The van der Waals surface area contributed by atoms with Gasteiger partial charge in [0.2, 0.25) is 11.8 Å². The maximum absolute atomic E-state index is 11.1. The van der Waals surface area contributed by atoms with Crippen LogP contribution >= 0.6 is 0 Å². The number of rotatable bonds is 17. The van der Waals surface area contributed by atoms with Gasteiger partial charge in [0.25, 0.3) is 0 Å². The van der Waals surface area contributed by atoms with E-state index in [1.807, 2.05) is 0 Å². The molecule has 0 fully saturated rings. The Kier molecular flexibility index (Phi) is 21.5. The third kappa shape index (κ3) is 20.6. The molecule has 0 aromatic heterocycles. The summed E-state index contributed by atoms with van der Waals surface area (Å²) in [5.74, 6) is -0.179. The maximum Gasteiger partial charge on any atom is 0.243 e. The van der Waals surface area contributed by atoms with Gasteiger partial charge in [0, 0.05) is 25.9 Å². The first-order valence-corrected chi connectivity index (χ1v) is 10.6. The minimum Gasteiger partial charge on any atom is -1.00 e.